The first-order valence-corrected chi connectivity index (χ1v) is 6.91. The molecule has 0 unspecified atom stereocenters. The molecule has 0 heterocycles. The molecule has 0 bridgehead atoms. The average Bonchev–Trinajstić information content (AvgIpc) is 2.42. The molecule has 0 atom stereocenters. The standard InChI is InChI=1S/C14H19BrN2O2/c1-18-9-8-17(7-3-6-16)11-12-10-13(15)4-5-14(12)19-2/h4-5,10H,3,7-9,11H2,1-2H3. The third kappa shape index (κ3) is 5.60. The minimum absolute atomic E-state index is 0.514. The van der Waals surface area contributed by atoms with Crippen molar-refractivity contribution in [1.82, 2.24) is 4.90 Å². The number of ether oxygens (including phenoxy) is 2. The van der Waals surface area contributed by atoms with E-state index >= 15 is 0 Å². The van der Waals surface area contributed by atoms with Crippen LogP contribution in [0.1, 0.15) is 12.0 Å². The molecule has 1 aromatic rings. The van der Waals surface area contributed by atoms with Gasteiger partial charge in [0.2, 0.25) is 0 Å². The first-order valence-electron chi connectivity index (χ1n) is 6.12. The monoisotopic (exact) mass is 326 g/mol. The SMILES string of the molecule is COCCN(CCC#N)Cc1cc(Br)ccc1OC. The quantitative estimate of drug-likeness (QED) is 0.737. The fourth-order valence-electron chi connectivity index (χ4n) is 1.81. The van der Waals surface area contributed by atoms with E-state index in [1.54, 1.807) is 14.2 Å². The summed E-state index contributed by atoms with van der Waals surface area (Å²) in [6, 6.07) is 8.12. The first-order chi connectivity index (χ1) is 9.21. The van der Waals surface area contributed by atoms with Crippen LogP contribution in [-0.2, 0) is 11.3 Å². The molecule has 0 spiro atoms. The predicted molar refractivity (Wildman–Crippen MR) is 78.1 cm³/mol. The Hall–Kier alpha value is -1.09. The van der Waals surface area contributed by atoms with Gasteiger partial charge in [0.25, 0.3) is 0 Å². The van der Waals surface area contributed by atoms with Crippen molar-refractivity contribution in [2.75, 3.05) is 33.9 Å². The van der Waals surface area contributed by atoms with Crippen LogP contribution in [0.4, 0.5) is 0 Å². The Morgan fingerprint density at radius 3 is 2.74 bits per heavy atom. The van der Waals surface area contributed by atoms with Crippen LogP contribution in [0, 0.1) is 11.3 Å². The fraction of sp³-hybridized carbons (Fsp3) is 0.500. The molecule has 4 nitrogen and oxygen atoms in total. The van der Waals surface area contributed by atoms with Gasteiger partial charge in [-0.25, -0.2) is 0 Å². The molecule has 0 aromatic heterocycles. The van der Waals surface area contributed by atoms with Crippen LogP contribution in [0.15, 0.2) is 22.7 Å². The summed E-state index contributed by atoms with van der Waals surface area (Å²) in [5, 5.41) is 8.71. The van der Waals surface area contributed by atoms with Gasteiger partial charge >= 0.3 is 0 Å². The summed E-state index contributed by atoms with van der Waals surface area (Å²) in [4.78, 5) is 2.19. The van der Waals surface area contributed by atoms with Gasteiger partial charge in [0.15, 0.2) is 0 Å². The molecule has 0 saturated heterocycles. The topological polar surface area (TPSA) is 45.5 Å². The van der Waals surface area contributed by atoms with Crippen molar-refractivity contribution in [3.05, 3.63) is 28.2 Å². The molecule has 104 valence electrons. The molecule has 0 aliphatic heterocycles. The van der Waals surface area contributed by atoms with Crippen LogP contribution in [0.2, 0.25) is 0 Å². The van der Waals surface area contributed by atoms with E-state index in [1.165, 1.54) is 0 Å². The number of hydrogen-bond donors (Lipinski definition) is 0. The van der Waals surface area contributed by atoms with E-state index in [0.717, 1.165) is 35.4 Å². The highest BCUT2D eigenvalue weighted by Gasteiger charge is 2.10. The smallest absolute Gasteiger partial charge is 0.123 e. The highest BCUT2D eigenvalue weighted by molar-refractivity contribution is 9.10. The summed E-state index contributed by atoms with van der Waals surface area (Å²) in [5.74, 6) is 0.863. The summed E-state index contributed by atoms with van der Waals surface area (Å²) in [6.07, 6.45) is 0.514. The van der Waals surface area contributed by atoms with Crippen molar-refractivity contribution in [2.24, 2.45) is 0 Å². The van der Waals surface area contributed by atoms with E-state index in [-0.39, 0.29) is 0 Å². The predicted octanol–water partition coefficient (Wildman–Crippen LogP) is 2.82. The summed E-state index contributed by atoms with van der Waals surface area (Å²) in [5.41, 5.74) is 1.10. The third-order valence-electron chi connectivity index (χ3n) is 2.79. The molecule has 0 aliphatic carbocycles. The van der Waals surface area contributed by atoms with Gasteiger partial charge in [-0.3, -0.25) is 4.90 Å². The van der Waals surface area contributed by atoms with E-state index in [0.29, 0.717) is 13.0 Å². The van der Waals surface area contributed by atoms with Gasteiger partial charge in [0.1, 0.15) is 5.75 Å². The fourth-order valence-corrected chi connectivity index (χ4v) is 2.22. The highest BCUT2D eigenvalue weighted by atomic mass is 79.9. The van der Waals surface area contributed by atoms with Crippen LogP contribution in [0.3, 0.4) is 0 Å². The summed E-state index contributed by atoms with van der Waals surface area (Å²) < 4.78 is 11.5. The number of benzene rings is 1. The lowest BCUT2D eigenvalue weighted by atomic mass is 10.2. The summed E-state index contributed by atoms with van der Waals surface area (Å²) >= 11 is 3.47. The number of halogens is 1. The number of hydrogen-bond acceptors (Lipinski definition) is 4. The van der Waals surface area contributed by atoms with Crippen LogP contribution < -0.4 is 4.74 Å². The summed E-state index contributed by atoms with van der Waals surface area (Å²) in [6.45, 7) is 2.93. The van der Waals surface area contributed by atoms with Gasteiger partial charge in [0.05, 0.1) is 19.8 Å². The maximum atomic E-state index is 8.71. The number of nitrogens with zero attached hydrogens (tertiary/aromatic N) is 2. The first kappa shape index (κ1) is 16.0. The van der Waals surface area contributed by atoms with E-state index in [1.807, 2.05) is 18.2 Å². The average molecular weight is 327 g/mol. The van der Waals surface area contributed by atoms with Gasteiger partial charge in [-0.05, 0) is 18.2 Å². The zero-order valence-corrected chi connectivity index (χ0v) is 12.9. The molecule has 0 amide bonds. The zero-order chi connectivity index (χ0) is 14.1. The summed E-state index contributed by atoms with van der Waals surface area (Å²) in [7, 11) is 3.35. The van der Waals surface area contributed by atoms with Gasteiger partial charge in [0, 0.05) is 43.2 Å². The second-order valence-electron chi connectivity index (χ2n) is 4.13. The Kier molecular flexibility index (Phi) is 7.49. The van der Waals surface area contributed by atoms with Crippen LogP contribution in [0.5, 0.6) is 5.75 Å². The Bertz CT molecular complexity index is 432. The molecule has 0 saturated carbocycles. The lowest BCUT2D eigenvalue weighted by molar-refractivity contribution is 0.145. The Balaban J connectivity index is 2.76. The molecule has 0 fully saturated rings. The lowest BCUT2D eigenvalue weighted by Crippen LogP contribution is -2.28. The van der Waals surface area contributed by atoms with Crippen molar-refractivity contribution < 1.29 is 9.47 Å². The molecule has 0 N–H and O–H groups in total. The van der Waals surface area contributed by atoms with Crippen molar-refractivity contribution in [3.63, 3.8) is 0 Å². The third-order valence-corrected chi connectivity index (χ3v) is 3.28. The number of methoxy groups -OCH3 is 2. The van der Waals surface area contributed by atoms with Crippen LogP contribution in [0.25, 0.3) is 0 Å². The Labute approximate surface area is 123 Å². The molecule has 19 heavy (non-hydrogen) atoms. The molecule has 0 radical (unpaired) electrons. The van der Waals surface area contributed by atoms with Crippen LogP contribution >= 0.6 is 15.9 Å². The van der Waals surface area contributed by atoms with E-state index < -0.39 is 0 Å². The van der Waals surface area contributed by atoms with E-state index in [2.05, 4.69) is 26.9 Å². The number of rotatable bonds is 8. The largest absolute Gasteiger partial charge is 0.496 e. The maximum absolute atomic E-state index is 8.71. The van der Waals surface area contributed by atoms with Gasteiger partial charge < -0.3 is 9.47 Å². The minimum Gasteiger partial charge on any atom is -0.496 e. The van der Waals surface area contributed by atoms with Crippen molar-refractivity contribution in [1.29, 1.82) is 5.26 Å². The van der Waals surface area contributed by atoms with E-state index in [9.17, 15) is 0 Å². The Morgan fingerprint density at radius 2 is 2.11 bits per heavy atom. The van der Waals surface area contributed by atoms with Crippen molar-refractivity contribution in [2.45, 2.75) is 13.0 Å². The van der Waals surface area contributed by atoms with E-state index in [4.69, 9.17) is 14.7 Å². The van der Waals surface area contributed by atoms with Crippen molar-refractivity contribution in [3.8, 4) is 11.8 Å². The molecule has 1 rings (SSSR count). The highest BCUT2D eigenvalue weighted by Crippen LogP contribution is 2.24. The Morgan fingerprint density at radius 1 is 1.32 bits per heavy atom. The molecular weight excluding hydrogens is 308 g/mol. The molecule has 5 heteroatoms. The lowest BCUT2D eigenvalue weighted by Gasteiger charge is -2.22. The molecular formula is C14H19BrN2O2. The molecule has 0 aliphatic rings. The second kappa shape index (κ2) is 8.92. The minimum atomic E-state index is 0.514. The molecule has 1 aromatic carbocycles. The van der Waals surface area contributed by atoms with Gasteiger partial charge in [-0.15, -0.1) is 0 Å². The number of nitriles is 1. The van der Waals surface area contributed by atoms with Gasteiger partial charge in [-0.1, -0.05) is 15.9 Å². The van der Waals surface area contributed by atoms with Crippen LogP contribution in [-0.4, -0.2) is 38.8 Å². The normalized spacial score (nSPS) is 10.5. The van der Waals surface area contributed by atoms with Gasteiger partial charge in [-0.2, -0.15) is 5.26 Å². The zero-order valence-electron chi connectivity index (χ0n) is 11.4. The second-order valence-corrected chi connectivity index (χ2v) is 5.05. The van der Waals surface area contributed by atoms with Crippen molar-refractivity contribution >= 4 is 15.9 Å². The maximum Gasteiger partial charge on any atom is 0.123 e.